The van der Waals surface area contributed by atoms with E-state index in [1.807, 2.05) is 0 Å². The van der Waals surface area contributed by atoms with Gasteiger partial charge >= 0.3 is 5.97 Å². The molecule has 0 bridgehead atoms. The van der Waals surface area contributed by atoms with E-state index in [-0.39, 0.29) is 23.5 Å². The Labute approximate surface area is 128 Å². The van der Waals surface area contributed by atoms with Crippen LogP contribution in [0.4, 0.5) is 0 Å². The van der Waals surface area contributed by atoms with E-state index in [9.17, 15) is 14.4 Å². The summed E-state index contributed by atoms with van der Waals surface area (Å²) in [6, 6.07) is -0.720. The van der Waals surface area contributed by atoms with E-state index in [1.165, 1.54) is 11.8 Å². The van der Waals surface area contributed by atoms with Gasteiger partial charge in [0.1, 0.15) is 6.04 Å². The van der Waals surface area contributed by atoms with E-state index in [0.717, 1.165) is 12.8 Å². The monoisotopic (exact) mass is 317 g/mol. The van der Waals surface area contributed by atoms with Crippen molar-refractivity contribution in [3.8, 4) is 0 Å². The Morgan fingerprint density at radius 2 is 2.14 bits per heavy atom. The van der Waals surface area contributed by atoms with E-state index in [2.05, 4.69) is 0 Å². The van der Waals surface area contributed by atoms with Crippen LogP contribution in [0.5, 0.6) is 0 Å². The molecule has 1 heterocycles. The van der Waals surface area contributed by atoms with Crippen molar-refractivity contribution >= 4 is 29.5 Å². The highest BCUT2D eigenvalue weighted by Gasteiger charge is 2.27. The van der Waals surface area contributed by atoms with Crippen molar-refractivity contribution in [2.24, 2.45) is 17.4 Å². The molecular formula is C13H23N3O4S. The molecule has 8 heteroatoms. The zero-order chi connectivity index (χ0) is 15.8. The van der Waals surface area contributed by atoms with Gasteiger partial charge in [-0.05, 0) is 19.8 Å². The summed E-state index contributed by atoms with van der Waals surface area (Å²) in [5.74, 6) is -0.554. The molecule has 0 radical (unpaired) electrons. The van der Waals surface area contributed by atoms with Crippen LogP contribution in [0, 0.1) is 5.92 Å². The van der Waals surface area contributed by atoms with Crippen LogP contribution in [0.2, 0.25) is 0 Å². The Bertz CT molecular complexity index is 392. The largest absolute Gasteiger partial charge is 0.465 e. The van der Waals surface area contributed by atoms with Gasteiger partial charge in [-0.2, -0.15) is 0 Å². The van der Waals surface area contributed by atoms with Crippen molar-refractivity contribution in [3.05, 3.63) is 0 Å². The molecule has 120 valence electrons. The molecule has 2 unspecified atom stereocenters. The van der Waals surface area contributed by atoms with Gasteiger partial charge in [0.15, 0.2) is 0 Å². The molecule has 0 aliphatic carbocycles. The number of likely N-dealkylation sites (tertiary alicyclic amines) is 1. The van der Waals surface area contributed by atoms with E-state index >= 15 is 0 Å². The number of hydrogen-bond acceptors (Lipinski definition) is 6. The number of ether oxygens (including phenoxy) is 1. The molecule has 1 aliphatic rings. The summed E-state index contributed by atoms with van der Waals surface area (Å²) < 4.78 is 4.79. The Balaban J connectivity index is 2.30. The normalized spacial score (nSPS) is 19.9. The SMILES string of the molecule is CCOC(=O)C(N)CSCC(=O)N1CCCC(C(N)=O)C1. The van der Waals surface area contributed by atoms with Crippen LogP contribution in [0.15, 0.2) is 0 Å². The molecule has 4 N–H and O–H groups in total. The minimum absolute atomic E-state index is 0.0537. The smallest absolute Gasteiger partial charge is 0.323 e. The Morgan fingerprint density at radius 3 is 2.76 bits per heavy atom. The Kier molecular flexibility index (Phi) is 7.52. The predicted molar refractivity (Wildman–Crippen MR) is 80.4 cm³/mol. The Morgan fingerprint density at radius 1 is 1.43 bits per heavy atom. The van der Waals surface area contributed by atoms with Crippen LogP contribution in [0.1, 0.15) is 19.8 Å². The molecule has 0 aromatic rings. The molecule has 21 heavy (non-hydrogen) atoms. The summed E-state index contributed by atoms with van der Waals surface area (Å²) in [5, 5.41) is 0. The number of nitrogens with two attached hydrogens (primary N) is 2. The molecule has 1 fully saturated rings. The molecule has 0 saturated carbocycles. The summed E-state index contributed by atoms with van der Waals surface area (Å²) in [6.45, 7) is 3.04. The number of rotatable bonds is 7. The highest BCUT2D eigenvalue weighted by molar-refractivity contribution is 8.00. The number of thioether (sulfide) groups is 1. The fraction of sp³-hybridized carbons (Fsp3) is 0.769. The molecule has 7 nitrogen and oxygen atoms in total. The van der Waals surface area contributed by atoms with Crippen molar-refractivity contribution in [3.63, 3.8) is 0 Å². The summed E-state index contributed by atoms with van der Waals surface area (Å²) in [4.78, 5) is 36.2. The summed E-state index contributed by atoms with van der Waals surface area (Å²) in [6.07, 6.45) is 1.52. The second kappa shape index (κ2) is 8.89. The van der Waals surface area contributed by atoms with Crippen LogP contribution in [0.3, 0.4) is 0 Å². The van der Waals surface area contributed by atoms with Crippen LogP contribution >= 0.6 is 11.8 Å². The second-order valence-electron chi connectivity index (χ2n) is 4.95. The Hall–Kier alpha value is -1.28. The van der Waals surface area contributed by atoms with Gasteiger partial charge in [-0.3, -0.25) is 14.4 Å². The molecule has 0 aromatic carbocycles. The summed E-state index contributed by atoms with van der Waals surface area (Å²) >= 11 is 1.29. The maximum Gasteiger partial charge on any atom is 0.323 e. The van der Waals surface area contributed by atoms with Crippen LogP contribution < -0.4 is 11.5 Å². The number of carbonyl (C=O) groups is 3. The number of nitrogens with zero attached hydrogens (tertiary/aromatic N) is 1. The molecule has 1 saturated heterocycles. The highest BCUT2D eigenvalue weighted by atomic mass is 32.2. The zero-order valence-electron chi connectivity index (χ0n) is 12.2. The van der Waals surface area contributed by atoms with Crippen LogP contribution in [-0.4, -0.2) is 59.9 Å². The van der Waals surface area contributed by atoms with Gasteiger partial charge in [0, 0.05) is 18.8 Å². The molecule has 1 rings (SSSR count). The number of piperidine rings is 1. The zero-order valence-corrected chi connectivity index (χ0v) is 13.1. The lowest BCUT2D eigenvalue weighted by atomic mass is 9.97. The first kappa shape index (κ1) is 17.8. The molecule has 0 spiro atoms. The summed E-state index contributed by atoms with van der Waals surface area (Å²) in [7, 11) is 0. The molecular weight excluding hydrogens is 294 g/mol. The summed E-state index contributed by atoms with van der Waals surface area (Å²) in [5.41, 5.74) is 10.9. The van der Waals surface area contributed by atoms with Crippen molar-refractivity contribution in [1.82, 2.24) is 4.90 Å². The van der Waals surface area contributed by atoms with E-state index in [4.69, 9.17) is 16.2 Å². The van der Waals surface area contributed by atoms with E-state index < -0.39 is 12.0 Å². The number of esters is 1. The fourth-order valence-corrected chi connectivity index (χ4v) is 2.98. The lowest BCUT2D eigenvalue weighted by Crippen LogP contribution is -2.45. The maximum atomic E-state index is 12.0. The maximum absolute atomic E-state index is 12.0. The highest BCUT2D eigenvalue weighted by Crippen LogP contribution is 2.17. The van der Waals surface area contributed by atoms with Gasteiger partial charge in [0.05, 0.1) is 18.3 Å². The van der Waals surface area contributed by atoms with Gasteiger partial charge in [-0.1, -0.05) is 0 Å². The van der Waals surface area contributed by atoms with Crippen molar-refractivity contribution in [1.29, 1.82) is 0 Å². The second-order valence-corrected chi connectivity index (χ2v) is 5.99. The topological polar surface area (TPSA) is 116 Å². The van der Waals surface area contributed by atoms with E-state index in [0.29, 0.717) is 25.4 Å². The van der Waals surface area contributed by atoms with Crippen molar-refractivity contribution < 1.29 is 19.1 Å². The molecule has 0 aromatic heterocycles. The van der Waals surface area contributed by atoms with E-state index in [1.54, 1.807) is 11.8 Å². The molecule has 2 amide bonds. The lowest BCUT2D eigenvalue weighted by molar-refractivity contribution is -0.144. The molecule has 2 atom stereocenters. The minimum Gasteiger partial charge on any atom is -0.465 e. The van der Waals surface area contributed by atoms with Gasteiger partial charge in [-0.25, -0.2) is 0 Å². The number of carbonyl (C=O) groups excluding carboxylic acids is 3. The standard InChI is InChI=1S/C13H23N3O4S/c1-2-20-13(19)10(14)7-21-8-11(17)16-5-3-4-9(6-16)12(15)18/h9-10H,2-8,14H2,1H3,(H2,15,18). The van der Waals surface area contributed by atoms with Crippen LogP contribution in [0.25, 0.3) is 0 Å². The van der Waals surface area contributed by atoms with Crippen molar-refractivity contribution in [2.75, 3.05) is 31.2 Å². The van der Waals surface area contributed by atoms with Gasteiger partial charge in [0.2, 0.25) is 11.8 Å². The minimum atomic E-state index is -0.720. The third kappa shape index (κ3) is 5.92. The fourth-order valence-electron chi connectivity index (χ4n) is 2.12. The number of primary amides is 1. The quantitative estimate of drug-likeness (QED) is 0.602. The predicted octanol–water partition coefficient (Wildman–Crippen LogP) is -0.666. The average molecular weight is 317 g/mol. The first-order valence-electron chi connectivity index (χ1n) is 7.02. The first-order chi connectivity index (χ1) is 9.95. The van der Waals surface area contributed by atoms with Gasteiger partial charge in [-0.15, -0.1) is 11.8 Å². The third-order valence-corrected chi connectivity index (χ3v) is 4.33. The number of amides is 2. The third-order valence-electron chi connectivity index (χ3n) is 3.29. The van der Waals surface area contributed by atoms with Gasteiger partial charge in [0.25, 0.3) is 0 Å². The average Bonchev–Trinajstić information content (AvgIpc) is 2.47. The lowest BCUT2D eigenvalue weighted by Gasteiger charge is -2.31. The van der Waals surface area contributed by atoms with Gasteiger partial charge < -0.3 is 21.1 Å². The van der Waals surface area contributed by atoms with Crippen LogP contribution in [-0.2, 0) is 19.1 Å². The van der Waals surface area contributed by atoms with Crippen molar-refractivity contribution in [2.45, 2.75) is 25.8 Å². The first-order valence-corrected chi connectivity index (χ1v) is 8.18. The number of hydrogen-bond donors (Lipinski definition) is 2. The molecule has 1 aliphatic heterocycles.